The molecule has 1 atom stereocenters. The van der Waals surface area contributed by atoms with Crippen LogP contribution in [0.25, 0.3) is 0 Å². The van der Waals surface area contributed by atoms with Crippen molar-refractivity contribution in [1.29, 1.82) is 0 Å². The van der Waals surface area contributed by atoms with Gasteiger partial charge in [-0.3, -0.25) is 0 Å². The summed E-state index contributed by atoms with van der Waals surface area (Å²) in [5.74, 6) is -2.56. The first-order valence-electron chi connectivity index (χ1n) is 10.7. The Morgan fingerprint density at radius 2 is 1.69 bits per heavy atom. The molecule has 2 aromatic carbocycles. The molecular formula is C24H25F4NO7. The van der Waals surface area contributed by atoms with Crippen molar-refractivity contribution in [3.8, 4) is 23.0 Å². The van der Waals surface area contributed by atoms with Crippen LogP contribution in [-0.2, 0) is 15.8 Å². The number of carbonyl (C=O) groups is 2. The number of carboxylic acids is 2. The predicted octanol–water partition coefficient (Wildman–Crippen LogP) is 4.74. The van der Waals surface area contributed by atoms with E-state index in [-0.39, 0.29) is 28.9 Å². The molecule has 0 aliphatic carbocycles. The fourth-order valence-electron chi connectivity index (χ4n) is 3.14. The number of methoxy groups -OCH3 is 1. The van der Waals surface area contributed by atoms with Crippen LogP contribution in [0.4, 0.5) is 17.6 Å². The van der Waals surface area contributed by atoms with Crippen molar-refractivity contribution in [2.45, 2.75) is 19.0 Å². The zero-order chi connectivity index (χ0) is 26.7. The molecule has 1 aliphatic rings. The Balaban J connectivity index is 0.000000493. The number of nitrogens with one attached hydrogen (secondary N) is 1. The zero-order valence-corrected chi connectivity index (χ0v) is 19.2. The standard InChI is InChI=1S/C20H21F4NO3.C4H4O4/c1-26-18-10-15(21)5-7-17(18)28-19-9-14(20(22,23)24)4-6-16(19)27-12-13-3-2-8-25-11-13;5-3(6)1-2-4(7)8/h4-7,9-10,13,25H,2-3,8,11-12H2,1H3;1-2H,(H,5,6)(H,7,8)/b;2-1+/t13-;/m0./s1. The SMILES string of the molecule is COc1cc(F)ccc1Oc1cc(C(F)(F)F)ccc1OC[C@H]1CCCNC1.O=C(O)/C=C/C(=O)O. The van der Waals surface area contributed by atoms with E-state index in [0.717, 1.165) is 50.2 Å². The molecule has 0 aromatic heterocycles. The third-order valence-electron chi connectivity index (χ3n) is 4.86. The molecule has 2 aromatic rings. The highest BCUT2D eigenvalue weighted by Gasteiger charge is 2.32. The van der Waals surface area contributed by atoms with Crippen LogP contribution >= 0.6 is 0 Å². The van der Waals surface area contributed by atoms with Gasteiger partial charge in [-0.2, -0.15) is 13.2 Å². The maximum atomic E-state index is 13.4. The summed E-state index contributed by atoms with van der Waals surface area (Å²) in [7, 11) is 1.32. The minimum Gasteiger partial charge on any atom is -0.493 e. The predicted molar refractivity (Wildman–Crippen MR) is 120 cm³/mol. The Labute approximate surface area is 204 Å². The third-order valence-corrected chi connectivity index (χ3v) is 4.86. The summed E-state index contributed by atoms with van der Waals surface area (Å²) in [4.78, 5) is 19.1. The smallest absolute Gasteiger partial charge is 0.416 e. The second-order valence-electron chi connectivity index (χ2n) is 7.59. The van der Waals surface area contributed by atoms with Crippen LogP contribution in [0.3, 0.4) is 0 Å². The monoisotopic (exact) mass is 515 g/mol. The largest absolute Gasteiger partial charge is 0.493 e. The third kappa shape index (κ3) is 9.45. The summed E-state index contributed by atoms with van der Waals surface area (Å²) < 4.78 is 69.2. The fraction of sp³-hybridized carbons (Fsp3) is 0.333. The van der Waals surface area contributed by atoms with Crippen LogP contribution in [0.1, 0.15) is 18.4 Å². The molecule has 0 unspecified atom stereocenters. The van der Waals surface area contributed by atoms with E-state index in [1.54, 1.807) is 0 Å². The van der Waals surface area contributed by atoms with Gasteiger partial charge in [0.05, 0.1) is 19.3 Å². The molecule has 3 N–H and O–H groups in total. The molecule has 1 aliphatic heterocycles. The molecule has 1 fully saturated rings. The van der Waals surface area contributed by atoms with Crippen LogP contribution < -0.4 is 19.5 Å². The van der Waals surface area contributed by atoms with Gasteiger partial charge in [0.2, 0.25) is 0 Å². The van der Waals surface area contributed by atoms with Crippen LogP contribution in [-0.4, -0.2) is 49.0 Å². The van der Waals surface area contributed by atoms with E-state index >= 15 is 0 Å². The Hall–Kier alpha value is -3.80. The molecule has 12 heteroatoms. The van der Waals surface area contributed by atoms with E-state index in [9.17, 15) is 27.2 Å². The minimum absolute atomic E-state index is 0.0693. The normalized spacial score (nSPS) is 15.5. The Morgan fingerprint density at radius 3 is 2.25 bits per heavy atom. The average Bonchev–Trinajstić information content (AvgIpc) is 2.83. The Bertz CT molecular complexity index is 1050. The van der Waals surface area contributed by atoms with Gasteiger partial charge in [-0.15, -0.1) is 0 Å². The molecule has 3 rings (SSSR count). The van der Waals surface area contributed by atoms with Gasteiger partial charge in [0, 0.05) is 30.7 Å². The van der Waals surface area contributed by atoms with Crippen molar-refractivity contribution in [3.63, 3.8) is 0 Å². The van der Waals surface area contributed by atoms with Gasteiger partial charge in [-0.25, -0.2) is 14.0 Å². The minimum atomic E-state index is -4.53. The molecule has 1 saturated heterocycles. The van der Waals surface area contributed by atoms with Crippen molar-refractivity contribution in [2.24, 2.45) is 5.92 Å². The van der Waals surface area contributed by atoms with Crippen LogP contribution in [0, 0.1) is 11.7 Å². The summed E-state index contributed by atoms with van der Waals surface area (Å²) >= 11 is 0. The highest BCUT2D eigenvalue weighted by molar-refractivity contribution is 5.89. The molecule has 0 saturated carbocycles. The van der Waals surface area contributed by atoms with E-state index in [2.05, 4.69) is 5.32 Å². The number of halogens is 4. The summed E-state index contributed by atoms with van der Waals surface area (Å²) in [5.41, 5.74) is -0.865. The Morgan fingerprint density at radius 1 is 1.03 bits per heavy atom. The number of benzene rings is 2. The first kappa shape index (κ1) is 28.4. The zero-order valence-electron chi connectivity index (χ0n) is 19.2. The van der Waals surface area contributed by atoms with Crippen molar-refractivity contribution in [3.05, 3.63) is 59.9 Å². The second kappa shape index (κ2) is 13.3. The highest BCUT2D eigenvalue weighted by atomic mass is 19.4. The van der Waals surface area contributed by atoms with Crippen molar-refractivity contribution < 1.29 is 51.6 Å². The first-order chi connectivity index (χ1) is 17.0. The van der Waals surface area contributed by atoms with E-state index in [4.69, 9.17) is 24.4 Å². The van der Waals surface area contributed by atoms with E-state index in [0.29, 0.717) is 18.8 Å². The topological polar surface area (TPSA) is 114 Å². The van der Waals surface area contributed by atoms with Gasteiger partial charge in [0.25, 0.3) is 0 Å². The van der Waals surface area contributed by atoms with Crippen molar-refractivity contribution in [1.82, 2.24) is 5.32 Å². The molecule has 0 amide bonds. The van der Waals surface area contributed by atoms with Crippen molar-refractivity contribution >= 4 is 11.9 Å². The van der Waals surface area contributed by atoms with Crippen molar-refractivity contribution in [2.75, 3.05) is 26.8 Å². The lowest BCUT2D eigenvalue weighted by Crippen LogP contribution is -2.33. The average molecular weight is 515 g/mol. The summed E-state index contributed by atoms with van der Waals surface area (Å²) in [6.07, 6.45) is -1.41. The van der Waals surface area contributed by atoms with Crippen LogP contribution in [0.15, 0.2) is 48.6 Å². The summed E-state index contributed by atoms with van der Waals surface area (Å²) in [6.45, 7) is 2.10. The van der Waals surface area contributed by atoms with E-state index in [1.807, 2.05) is 0 Å². The maximum absolute atomic E-state index is 13.4. The molecule has 0 radical (unpaired) electrons. The van der Waals surface area contributed by atoms with Gasteiger partial charge in [0.1, 0.15) is 5.82 Å². The molecule has 36 heavy (non-hydrogen) atoms. The van der Waals surface area contributed by atoms with E-state index in [1.165, 1.54) is 19.2 Å². The summed E-state index contributed by atoms with van der Waals surface area (Å²) in [5, 5.41) is 18.9. The molecule has 8 nitrogen and oxygen atoms in total. The van der Waals surface area contributed by atoms with Crippen LogP contribution in [0.5, 0.6) is 23.0 Å². The molecule has 0 bridgehead atoms. The quantitative estimate of drug-likeness (QED) is 0.341. The molecule has 1 heterocycles. The summed E-state index contributed by atoms with van der Waals surface area (Å²) in [6, 6.07) is 6.59. The highest BCUT2D eigenvalue weighted by Crippen LogP contribution is 2.41. The van der Waals surface area contributed by atoms with Crippen LogP contribution in [0.2, 0.25) is 0 Å². The van der Waals surface area contributed by atoms with Gasteiger partial charge < -0.3 is 29.7 Å². The lowest BCUT2D eigenvalue weighted by atomic mass is 10.0. The van der Waals surface area contributed by atoms with Gasteiger partial charge in [0.15, 0.2) is 23.0 Å². The number of piperidine rings is 1. The number of hydrogen-bond acceptors (Lipinski definition) is 6. The van der Waals surface area contributed by atoms with Gasteiger partial charge in [-0.05, 0) is 49.7 Å². The van der Waals surface area contributed by atoms with E-state index < -0.39 is 29.5 Å². The Kier molecular flexibility index (Phi) is 10.5. The molecule has 0 spiro atoms. The number of ether oxygens (including phenoxy) is 3. The number of carboxylic acid groups (broad SMARTS) is 2. The number of alkyl halides is 3. The number of hydrogen-bond donors (Lipinski definition) is 3. The molecular weight excluding hydrogens is 490 g/mol. The second-order valence-corrected chi connectivity index (χ2v) is 7.59. The fourth-order valence-corrected chi connectivity index (χ4v) is 3.14. The maximum Gasteiger partial charge on any atom is 0.416 e. The number of aliphatic carboxylic acids is 2. The lowest BCUT2D eigenvalue weighted by molar-refractivity contribution is -0.137. The number of rotatable bonds is 8. The molecule has 196 valence electrons. The van der Waals surface area contributed by atoms with Gasteiger partial charge in [-0.1, -0.05) is 0 Å². The first-order valence-corrected chi connectivity index (χ1v) is 10.7. The van der Waals surface area contributed by atoms with Gasteiger partial charge >= 0.3 is 18.1 Å². The lowest BCUT2D eigenvalue weighted by Gasteiger charge is -2.23.